The molecule has 1 amide bonds. The van der Waals surface area contributed by atoms with Gasteiger partial charge in [-0.1, -0.05) is 12.5 Å². The van der Waals surface area contributed by atoms with Gasteiger partial charge in [0.15, 0.2) is 5.76 Å². The van der Waals surface area contributed by atoms with Gasteiger partial charge >= 0.3 is 0 Å². The Balaban J connectivity index is 1.75. The van der Waals surface area contributed by atoms with E-state index in [4.69, 9.17) is 9.15 Å². The average Bonchev–Trinajstić information content (AvgIpc) is 3.12. The number of hydrogen-bond donors (Lipinski definition) is 1. The number of ether oxygens (including phenoxy) is 1. The number of nitrogens with zero attached hydrogens (tertiary/aromatic N) is 1. The first-order chi connectivity index (χ1) is 12.5. The van der Waals surface area contributed by atoms with Gasteiger partial charge in [0.25, 0.3) is 5.91 Å². The van der Waals surface area contributed by atoms with Crippen molar-refractivity contribution in [2.24, 2.45) is 0 Å². The van der Waals surface area contributed by atoms with Crippen molar-refractivity contribution in [1.82, 2.24) is 4.31 Å². The molecule has 0 saturated carbocycles. The second kappa shape index (κ2) is 8.03. The van der Waals surface area contributed by atoms with Gasteiger partial charge in [-0.2, -0.15) is 4.31 Å². The molecule has 2 aromatic rings. The highest BCUT2D eigenvalue weighted by Gasteiger charge is 2.26. The summed E-state index contributed by atoms with van der Waals surface area (Å²) in [5.41, 5.74) is 0.401. The maximum absolute atomic E-state index is 12.8. The molecule has 1 saturated heterocycles. The van der Waals surface area contributed by atoms with Crippen LogP contribution in [0.3, 0.4) is 0 Å². The molecular weight excluding hydrogens is 356 g/mol. The summed E-state index contributed by atoms with van der Waals surface area (Å²) in [6, 6.07) is 9.49. The monoisotopic (exact) mass is 378 g/mol. The predicted octanol–water partition coefficient (Wildman–Crippen LogP) is 2.85. The van der Waals surface area contributed by atoms with E-state index in [1.807, 2.05) is 0 Å². The van der Waals surface area contributed by atoms with E-state index in [1.165, 1.54) is 17.5 Å². The molecular formula is C18H22N2O5S. The van der Waals surface area contributed by atoms with Crippen LogP contribution in [0.4, 0.5) is 5.69 Å². The van der Waals surface area contributed by atoms with Gasteiger partial charge in [-0.3, -0.25) is 4.79 Å². The second-order valence-electron chi connectivity index (χ2n) is 6.15. The molecule has 26 heavy (non-hydrogen) atoms. The molecule has 0 atom stereocenters. The van der Waals surface area contributed by atoms with Crippen LogP contribution < -0.4 is 5.32 Å². The summed E-state index contributed by atoms with van der Waals surface area (Å²) in [7, 11) is -2.01. The minimum Gasteiger partial charge on any atom is -0.453 e. The van der Waals surface area contributed by atoms with Crippen molar-refractivity contribution >= 4 is 21.6 Å². The Kier molecular flexibility index (Phi) is 5.75. The zero-order valence-electron chi connectivity index (χ0n) is 14.6. The quantitative estimate of drug-likeness (QED) is 0.835. The number of benzene rings is 1. The molecule has 0 radical (unpaired) electrons. The van der Waals surface area contributed by atoms with Gasteiger partial charge in [-0.15, -0.1) is 0 Å². The smallest absolute Gasteiger partial charge is 0.291 e. The molecule has 1 aliphatic rings. The van der Waals surface area contributed by atoms with Gasteiger partial charge in [0, 0.05) is 25.9 Å². The minimum atomic E-state index is -3.55. The van der Waals surface area contributed by atoms with Crippen LogP contribution in [0.5, 0.6) is 0 Å². The van der Waals surface area contributed by atoms with Gasteiger partial charge in [0.1, 0.15) is 12.4 Å². The zero-order valence-corrected chi connectivity index (χ0v) is 15.4. The fourth-order valence-corrected chi connectivity index (χ4v) is 4.46. The second-order valence-corrected chi connectivity index (χ2v) is 8.08. The fourth-order valence-electron chi connectivity index (χ4n) is 2.90. The molecule has 3 rings (SSSR count). The molecule has 1 fully saturated rings. The number of nitrogens with one attached hydrogen (secondary N) is 1. The van der Waals surface area contributed by atoms with E-state index in [-0.39, 0.29) is 17.3 Å². The number of anilines is 1. The maximum atomic E-state index is 12.8. The molecule has 2 heterocycles. The number of methoxy groups -OCH3 is 1. The third-order valence-corrected chi connectivity index (χ3v) is 6.11. The number of sulfonamides is 1. The Bertz CT molecular complexity index is 869. The predicted molar refractivity (Wildman–Crippen MR) is 96.4 cm³/mol. The van der Waals surface area contributed by atoms with E-state index in [0.717, 1.165) is 19.3 Å². The Labute approximate surface area is 153 Å². The summed E-state index contributed by atoms with van der Waals surface area (Å²) in [6.45, 7) is 1.35. The highest BCUT2D eigenvalue weighted by molar-refractivity contribution is 7.89. The van der Waals surface area contributed by atoms with Crippen molar-refractivity contribution in [2.45, 2.75) is 30.8 Å². The first kappa shape index (κ1) is 18.6. The van der Waals surface area contributed by atoms with E-state index < -0.39 is 15.9 Å². The van der Waals surface area contributed by atoms with Crippen LogP contribution in [-0.2, 0) is 21.4 Å². The largest absolute Gasteiger partial charge is 0.453 e. The number of hydrogen-bond acceptors (Lipinski definition) is 5. The maximum Gasteiger partial charge on any atom is 0.291 e. The van der Waals surface area contributed by atoms with Crippen LogP contribution >= 0.6 is 0 Å². The van der Waals surface area contributed by atoms with E-state index in [0.29, 0.717) is 24.5 Å². The lowest BCUT2D eigenvalue weighted by atomic mass is 10.2. The van der Waals surface area contributed by atoms with Crippen molar-refractivity contribution in [1.29, 1.82) is 0 Å². The van der Waals surface area contributed by atoms with E-state index in [9.17, 15) is 13.2 Å². The lowest BCUT2D eigenvalue weighted by Crippen LogP contribution is -2.35. The Morgan fingerprint density at radius 3 is 2.69 bits per heavy atom. The molecule has 0 spiro atoms. The van der Waals surface area contributed by atoms with E-state index in [2.05, 4.69) is 5.32 Å². The first-order valence-corrected chi connectivity index (χ1v) is 9.94. The molecule has 0 aliphatic carbocycles. The SMILES string of the molecule is COCc1ccc(C(=O)Nc2cccc(S(=O)(=O)N3CCCCC3)c2)o1. The van der Waals surface area contributed by atoms with E-state index >= 15 is 0 Å². The molecule has 0 unspecified atom stereocenters. The molecule has 1 aliphatic heterocycles. The molecule has 0 bridgehead atoms. The van der Waals surface area contributed by atoms with Crippen molar-refractivity contribution in [3.05, 3.63) is 47.9 Å². The third kappa shape index (κ3) is 4.14. The Morgan fingerprint density at radius 1 is 1.19 bits per heavy atom. The van der Waals surface area contributed by atoms with E-state index in [1.54, 1.807) is 30.3 Å². The number of carbonyl (C=O) groups is 1. The van der Waals surface area contributed by atoms with Gasteiger partial charge in [0.05, 0.1) is 4.90 Å². The molecule has 1 aromatic heterocycles. The highest BCUT2D eigenvalue weighted by Crippen LogP contribution is 2.23. The lowest BCUT2D eigenvalue weighted by Gasteiger charge is -2.26. The summed E-state index contributed by atoms with van der Waals surface area (Å²) in [5, 5.41) is 2.67. The van der Waals surface area contributed by atoms with Crippen LogP contribution in [-0.4, -0.2) is 38.8 Å². The van der Waals surface area contributed by atoms with Gasteiger partial charge in [-0.05, 0) is 43.2 Å². The van der Waals surface area contributed by atoms with Crippen LogP contribution in [0, 0.1) is 0 Å². The van der Waals surface area contributed by atoms with Crippen molar-refractivity contribution in [2.75, 3.05) is 25.5 Å². The number of carbonyl (C=O) groups excluding carboxylic acids is 1. The number of furan rings is 1. The molecule has 1 N–H and O–H groups in total. The normalized spacial score (nSPS) is 15.7. The molecule has 1 aromatic carbocycles. The van der Waals surface area contributed by atoms with Gasteiger partial charge in [0.2, 0.25) is 10.0 Å². The standard InChI is InChI=1S/C18H22N2O5S/c1-24-13-15-8-9-17(25-15)18(21)19-14-6-5-7-16(12-14)26(22,23)20-10-3-2-4-11-20/h5-9,12H,2-4,10-11,13H2,1H3,(H,19,21). The van der Waals surface area contributed by atoms with Gasteiger partial charge < -0.3 is 14.5 Å². The van der Waals surface area contributed by atoms with Crippen molar-refractivity contribution < 1.29 is 22.4 Å². The lowest BCUT2D eigenvalue weighted by molar-refractivity contribution is 0.0987. The van der Waals surface area contributed by atoms with Crippen LogP contribution in [0.2, 0.25) is 0 Å². The summed E-state index contributed by atoms with van der Waals surface area (Å²) in [5.74, 6) is 0.236. The van der Waals surface area contributed by atoms with Gasteiger partial charge in [-0.25, -0.2) is 8.42 Å². The fraction of sp³-hybridized carbons (Fsp3) is 0.389. The third-order valence-electron chi connectivity index (χ3n) is 4.22. The Hall–Kier alpha value is -2.16. The molecule has 7 nitrogen and oxygen atoms in total. The molecule has 140 valence electrons. The summed E-state index contributed by atoms with van der Waals surface area (Å²) in [4.78, 5) is 12.5. The van der Waals surface area contributed by atoms with Crippen LogP contribution in [0.1, 0.15) is 35.6 Å². The topological polar surface area (TPSA) is 88.8 Å². The first-order valence-electron chi connectivity index (χ1n) is 8.50. The number of rotatable bonds is 6. The summed E-state index contributed by atoms with van der Waals surface area (Å²) < 4.78 is 37.3. The highest BCUT2D eigenvalue weighted by atomic mass is 32.2. The van der Waals surface area contributed by atoms with Crippen LogP contribution in [0.25, 0.3) is 0 Å². The number of amides is 1. The van der Waals surface area contributed by atoms with Crippen molar-refractivity contribution in [3.8, 4) is 0 Å². The zero-order chi connectivity index (χ0) is 18.6. The van der Waals surface area contributed by atoms with Crippen molar-refractivity contribution in [3.63, 3.8) is 0 Å². The summed E-state index contributed by atoms with van der Waals surface area (Å²) in [6.07, 6.45) is 2.80. The van der Waals surface area contributed by atoms with Crippen LogP contribution in [0.15, 0.2) is 45.7 Å². The molecule has 8 heteroatoms. The number of piperidine rings is 1. The summed E-state index contributed by atoms with van der Waals surface area (Å²) >= 11 is 0. The minimum absolute atomic E-state index is 0.140. The average molecular weight is 378 g/mol. The Morgan fingerprint density at radius 2 is 1.96 bits per heavy atom.